The molecule has 18 N–H and O–H groups in total. The molecule has 0 saturated carbocycles. The molecular weight excluding hydrogens is 906 g/mol. The van der Waals surface area contributed by atoms with Crippen LogP contribution in [0.15, 0.2) is 0 Å². The molecule has 0 aliphatic carbocycles. The maximum atomic E-state index is 12.9. The fraction of sp³-hybridized carbons (Fsp3) is 0.861. The Bertz CT molecular complexity index is 1680. The van der Waals surface area contributed by atoms with Gasteiger partial charge in [-0.1, -0.05) is 0 Å². The first-order valence-corrected chi connectivity index (χ1v) is 20.3. The molecule has 0 spiro atoms. The van der Waals surface area contributed by atoms with E-state index in [4.69, 9.17) is 33.2 Å². The molecule has 4 rings (SSSR count). The number of carbonyl (C=O) groups excluding carboxylic acids is 3. The van der Waals surface area contributed by atoms with Crippen LogP contribution >= 0.6 is 0 Å². The quantitative estimate of drug-likeness (QED) is 0.0571. The summed E-state index contributed by atoms with van der Waals surface area (Å²) in [6.45, 7) is -1.53. The smallest absolute Gasteiger partial charge is 0.364 e. The van der Waals surface area contributed by atoms with E-state index in [-0.39, 0.29) is 0 Å². The predicted octanol–water partition coefficient (Wildman–Crippen LogP) is -10.9. The second-order valence-corrected chi connectivity index (χ2v) is 16.2. The molecule has 0 aromatic heterocycles. The zero-order valence-corrected chi connectivity index (χ0v) is 35.4. The van der Waals surface area contributed by atoms with Gasteiger partial charge in [-0.05, 0) is 0 Å². The van der Waals surface area contributed by atoms with E-state index in [1.54, 1.807) is 0 Å². The van der Waals surface area contributed by atoms with Crippen molar-refractivity contribution in [3.8, 4) is 0 Å². The summed E-state index contributed by atoms with van der Waals surface area (Å²) < 4.78 is 39.1. The Morgan fingerprint density at radius 3 is 1.50 bits per heavy atom. The van der Waals surface area contributed by atoms with Crippen LogP contribution in [0.5, 0.6) is 0 Å². The average Bonchev–Trinajstić information content (AvgIpc) is 3.24. The number of carbonyl (C=O) groups is 5. The first-order chi connectivity index (χ1) is 30.8. The zero-order chi connectivity index (χ0) is 49.7. The minimum atomic E-state index is -3.19. The summed E-state index contributed by atoms with van der Waals surface area (Å²) in [7, 11) is 0. The number of hydrogen-bond donors (Lipinski definition) is 18. The van der Waals surface area contributed by atoms with Crippen molar-refractivity contribution in [1.29, 1.82) is 0 Å². The molecule has 66 heavy (non-hydrogen) atoms. The van der Waals surface area contributed by atoms with Crippen molar-refractivity contribution in [2.45, 2.75) is 167 Å². The highest BCUT2D eigenvalue weighted by molar-refractivity contribution is 5.77. The first kappa shape index (κ1) is 55.1. The molecule has 0 aromatic carbocycles. The average molecular weight is 966 g/mol. The van der Waals surface area contributed by atoms with Gasteiger partial charge in [-0.3, -0.25) is 14.4 Å². The number of aliphatic hydroxyl groups is 13. The summed E-state index contributed by atoms with van der Waals surface area (Å²) in [5.41, 5.74) is 0. The summed E-state index contributed by atoms with van der Waals surface area (Å²) in [6, 6.07) is -5.07. The fourth-order valence-corrected chi connectivity index (χ4v) is 8.04. The highest BCUT2D eigenvalue weighted by Crippen LogP contribution is 2.39. The van der Waals surface area contributed by atoms with Gasteiger partial charge in [-0.2, -0.15) is 0 Å². The van der Waals surface area contributed by atoms with Crippen LogP contribution in [0.2, 0.25) is 0 Å². The molecule has 4 heterocycles. The molecule has 4 fully saturated rings. The van der Waals surface area contributed by atoms with Gasteiger partial charge in [0.05, 0.1) is 50.7 Å². The van der Waals surface area contributed by atoms with Gasteiger partial charge in [0.1, 0.15) is 85.4 Å². The van der Waals surface area contributed by atoms with Crippen LogP contribution in [0, 0.1) is 0 Å². The standard InChI is InChI=1S/C36H59N3O27/c1-10(43)37-19-13(46)4-35(33(56)57,64-28(19)22(50)15(48)6-40)60-9-18-25(53)27(21(31(55)61-18)39-12(3)45)63-32-26(54)30(24(52)17(8-42)62-32)66-36(34(58)59)5-14(47)20(38-11(2)44)29(65-36)23(51)16(49)7-41/h13-32,40-42,46-55H,4-9H2,1-3H3,(H,37,43)(H,38,44)(H,39,45)(H,56,57)(H,58,59)/t13-,14-,15+,16+,17+,18+,19+,20+,21+,22+,23+,24-,25+,26+,27+,28+,29+,30-,31+,32-,35+,36-/m0/s1. The van der Waals surface area contributed by atoms with Gasteiger partial charge in [0.25, 0.3) is 11.6 Å². The Hall–Kier alpha value is -3.45. The normalized spacial score (nSPS) is 41.4. The van der Waals surface area contributed by atoms with Crippen molar-refractivity contribution < 1.29 is 134 Å². The lowest BCUT2D eigenvalue weighted by molar-refractivity contribution is -0.382. The second kappa shape index (κ2) is 22.8. The van der Waals surface area contributed by atoms with E-state index in [1.165, 1.54) is 0 Å². The maximum Gasteiger partial charge on any atom is 0.364 e. The van der Waals surface area contributed by atoms with Crippen LogP contribution in [0.3, 0.4) is 0 Å². The topological polar surface area (TPSA) is 490 Å². The van der Waals surface area contributed by atoms with Crippen molar-refractivity contribution in [3.05, 3.63) is 0 Å². The Kier molecular flexibility index (Phi) is 19.0. The molecule has 30 heteroatoms. The Labute approximate surface area is 373 Å². The number of aliphatic carboxylic acids is 2. The van der Waals surface area contributed by atoms with E-state index in [0.29, 0.717) is 0 Å². The Morgan fingerprint density at radius 2 is 1.06 bits per heavy atom. The van der Waals surface area contributed by atoms with Crippen LogP contribution in [0.25, 0.3) is 0 Å². The lowest BCUT2D eigenvalue weighted by Crippen LogP contribution is -2.71. The Morgan fingerprint density at radius 1 is 0.621 bits per heavy atom. The van der Waals surface area contributed by atoms with Crippen LogP contribution < -0.4 is 16.0 Å². The molecule has 4 aliphatic heterocycles. The predicted molar refractivity (Wildman–Crippen MR) is 203 cm³/mol. The Balaban J connectivity index is 1.66. The van der Waals surface area contributed by atoms with Crippen molar-refractivity contribution in [2.24, 2.45) is 0 Å². The van der Waals surface area contributed by atoms with E-state index in [1.807, 2.05) is 0 Å². The lowest BCUT2D eigenvalue weighted by atomic mass is 9.88. The van der Waals surface area contributed by atoms with Crippen LogP contribution in [-0.2, 0) is 57.1 Å². The van der Waals surface area contributed by atoms with Crippen LogP contribution in [0.4, 0.5) is 0 Å². The number of rotatable bonds is 19. The number of nitrogens with one attached hydrogen (secondary N) is 3. The van der Waals surface area contributed by atoms with Gasteiger partial charge in [0, 0.05) is 33.6 Å². The van der Waals surface area contributed by atoms with Crippen molar-refractivity contribution in [2.75, 3.05) is 26.4 Å². The molecule has 4 aliphatic rings. The monoisotopic (exact) mass is 965 g/mol. The van der Waals surface area contributed by atoms with Gasteiger partial charge >= 0.3 is 11.9 Å². The molecule has 3 amide bonds. The van der Waals surface area contributed by atoms with E-state index in [9.17, 15) is 101 Å². The van der Waals surface area contributed by atoms with Crippen molar-refractivity contribution in [1.82, 2.24) is 16.0 Å². The summed E-state index contributed by atoms with van der Waals surface area (Å²) in [5.74, 6) is -12.7. The van der Waals surface area contributed by atoms with E-state index in [0.717, 1.165) is 20.8 Å². The third kappa shape index (κ3) is 12.0. The number of carboxylic acids is 2. The summed E-state index contributed by atoms with van der Waals surface area (Å²) in [6.07, 6.45) is -38.0. The summed E-state index contributed by atoms with van der Waals surface area (Å²) in [5, 5.41) is 166. The highest BCUT2D eigenvalue weighted by Gasteiger charge is 2.61. The van der Waals surface area contributed by atoms with E-state index < -0.39 is 203 Å². The van der Waals surface area contributed by atoms with Crippen LogP contribution in [0.1, 0.15) is 33.6 Å². The number of aliphatic hydroxyl groups excluding tert-OH is 13. The third-order valence-electron chi connectivity index (χ3n) is 11.4. The molecule has 0 bridgehead atoms. The van der Waals surface area contributed by atoms with Gasteiger partial charge in [-0.25, -0.2) is 9.59 Å². The van der Waals surface area contributed by atoms with Gasteiger partial charge in [0.2, 0.25) is 17.7 Å². The molecule has 4 saturated heterocycles. The number of amides is 3. The molecule has 30 nitrogen and oxygen atoms in total. The van der Waals surface area contributed by atoms with Gasteiger partial charge in [0.15, 0.2) is 12.6 Å². The van der Waals surface area contributed by atoms with E-state index >= 15 is 0 Å². The van der Waals surface area contributed by atoms with Crippen molar-refractivity contribution >= 4 is 29.7 Å². The van der Waals surface area contributed by atoms with Gasteiger partial charge in [-0.15, -0.1) is 0 Å². The van der Waals surface area contributed by atoms with Crippen LogP contribution in [-0.4, -0.2) is 267 Å². The molecule has 0 aromatic rings. The van der Waals surface area contributed by atoms with Crippen molar-refractivity contribution in [3.63, 3.8) is 0 Å². The lowest BCUT2D eigenvalue weighted by Gasteiger charge is -2.51. The maximum absolute atomic E-state index is 12.9. The minimum absolute atomic E-state index is 0.790. The van der Waals surface area contributed by atoms with Gasteiger partial charge < -0.3 is 126 Å². The summed E-state index contributed by atoms with van der Waals surface area (Å²) in [4.78, 5) is 61.8. The number of carboxylic acid groups (broad SMARTS) is 2. The summed E-state index contributed by atoms with van der Waals surface area (Å²) >= 11 is 0. The first-order valence-electron chi connectivity index (χ1n) is 20.3. The second-order valence-electron chi connectivity index (χ2n) is 16.2. The zero-order valence-electron chi connectivity index (χ0n) is 35.4. The molecular formula is C36H59N3O27. The number of ether oxygens (including phenoxy) is 7. The molecule has 0 radical (unpaired) electrons. The largest absolute Gasteiger partial charge is 0.477 e. The molecule has 22 atom stereocenters. The fourth-order valence-electron chi connectivity index (χ4n) is 8.04. The molecule has 380 valence electrons. The minimum Gasteiger partial charge on any atom is -0.477 e. The third-order valence-corrected chi connectivity index (χ3v) is 11.4. The number of hydrogen-bond acceptors (Lipinski definition) is 25. The highest BCUT2D eigenvalue weighted by atomic mass is 16.8. The van der Waals surface area contributed by atoms with E-state index in [2.05, 4.69) is 16.0 Å². The molecule has 0 unspecified atom stereocenters. The SMILES string of the molecule is CC(=O)N[C@@H]1[C@@H](O[C@@H]2O[C@H](CO)[C@H](O)[C@H](O[C@]3(C(=O)O)C[C@H](O)[C@@H](NC(C)=O)[C@H]([C@H](O)[C@H](O)CO)O3)[C@H]2O)[C@H](O)[C@@H](CO[C@]2(C(=O)O)C[C@H](O)[C@@H](NC(C)=O)[C@H]([C@H](O)[C@H](O)CO)O2)O[C@H]1O.